The van der Waals surface area contributed by atoms with Crippen LogP contribution in [0.15, 0.2) is 77.7 Å². The number of piperazine rings is 1. The van der Waals surface area contributed by atoms with Gasteiger partial charge < -0.3 is 10.2 Å². The lowest BCUT2D eigenvalue weighted by atomic mass is 9.96. The van der Waals surface area contributed by atoms with Crippen LogP contribution in [0.1, 0.15) is 25.0 Å². The van der Waals surface area contributed by atoms with Crippen molar-refractivity contribution in [2.45, 2.75) is 26.3 Å². The van der Waals surface area contributed by atoms with E-state index in [2.05, 4.69) is 42.3 Å². The summed E-state index contributed by atoms with van der Waals surface area (Å²) in [5.41, 5.74) is 5.72. The van der Waals surface area contributed by atoms with E-state index in [4.69, 9.17) is 5.26 Å². The van der Waals surface area contributed by atoms with E-state index in [1.54, 1.807) is 4.57 Å². The second kappa shape index (κ2) is 8.48. The zero-order valence-corrected chi connectivity index (χ0v) is 19.8. The van der Waals surface area contributed by atoms with Gasteiger partial charge in [0.15, 0.2) is 0 Å². The molecule has 170 valence electrons. The first-order valence-corrected chi connectivity index (χ1v) is 11.6. The number of hydrogen-bond donors (Lipinski definition) is 1. The molecule has 34 heavy (non-hydrogen) atoms. The van der Waals surface area contributed by atoms with Gasteiger partial charge in [0.1, 0.15) is 0 Å². The van der Waals surface area contributed by atoms with E-state index in [1.807, 2.05) is 67.7 Å². The third-order valence-electron chi connectivity index (χ3n) is 6.62. The molecule has 5 rings (SSSR count). The van der Waals surface area contributed by atoms with Crippen LogP contribution in [0.4, 0.5) is 5.69 Å². The Balaban J connectivity index is 1.55. The Morgan fingerprint density at radius 1 is 0.971 bits per heavy atom. The molecule has 1 aliphatic heterocycles. The molecule has 0 atom stereocenters. The standard InChI is InChI=1S/C29H28N4O/c1-20-18-33(24-13-11-23(12-14-24)32-16-15-31-29(2,3)19-32)28(34)26-6-4-5-25(27(20)26)22-9-7-21(17-30)8-10-22/h4-14,18,31H,15-16,19H2,1-3H3. The van der Waals surface area contributed by atoms with Crippen LogP contribution < -0.4 is 15.8 Å². The third kappa shape index (κ3) is 3.98. The molecule has 4 aromatic rings. The molecule has 0 saturated carbocycles. The van der Waals surface area contributed by atoms with Crippen molar-refractivity contribution in [3.8, 4) is 22.9 Å². The zero-order chi connectivity index (χ0) is 23.9. The number of aromatic nitrogens is 1. The van der Waals surface area contributed by atoms with Gasteiger partial charge >= 0.3 is 0 Å². The van der Waals surface area contributed by atoms with Crippen LogP contribution in [0, 0.1) is 18.3 Å². The summed E-state index contributed by atoms with van der Waals surface area (Å²) in [6, 6.07) is 23.8. The van der Waals surface area contributed by atoms with Crippen molar-refractivity contribution in [3.63, 3.8) is 0 Å². The summed E-state index contributed by atoms with van der Waals surface area (Å²) in [6.45, 7) is 9.35. The second-order valence-corrected chi connectivity index (χ2v) is 9.65. The van der Waals surface area contributed by atoms with Gasteiger partial charge in [0, 0.05) is 48.1 Å². The summed E-state index contributed by atoms with van der Waals surface area (Å²) >= 11 is 0. The van der Waals surface area contributed by atoms with Crippen molar-refractivity contribution < 1.29 is 0 Å². The quantitative estimate of drug-likeness (QED) is 0.478. The SMILES string of the molecule is Cc1cn(-c2ccc(N3CCNC(C)(C)C3)cc2)c(=O)c2cccc(-c3ccc(C#N)cc3)c12. The molecule has 2 heterocycles. The predicted molar refractivity (Wildman–Crippen MR) is 139 cm³/mol. The van der Waals surface area contributed by atoms with Gasteiger partial charge in [-0.25, -0.2) is 0 Å². The van der Waals surface area contributed by atoms with E-state index in [1.165, 1.54) is 5.69 Å². The number of pyridine rings is 1. The Hall–Kier alpha value is -3.88. The fourth-order valence-corrected chi connectivity index (χ4v) is 4.94. The zero-order valence-electron chi connectivity index (χ0n) is 19.8. The maximum atomic E-state index is 13.5. The molecule has 0 unspecified atom stereocenters. The summed E-state index contributed by atoms with van der Waals surface area (Å²) in [5.74, 6) is 0. The van der Waals surface area contributed by atoms with Crippen LogP contribution in [0.25, 0.3) is 27.6 Å². The monoisotopic (exact) mass is 448 g/mol. The number of nitrogens with zero attached hydrogens (tertiary/aromatic N) is 3. The number of nitrogens with one attached hydrogen (secondary N) is 1. The predicted octanol–water partition coefficient (Wildman–Crippen LogP) is 5.03. The molecule has 1 aromatic heterocycles. The molecule has 0 radical (unpaired) electrons. The van der Waals surface area contributed by atoms with Gasteiger partial charge in [-0.15, -0.1) is 0 Å². The van der Waals surface area contributed by atoms with E-state index in [0.717, 1.165) is 47.4 Å². The van der Waals surface area contributed by atoms with Gasteiger partial charge in [0.25, 0.3) is 5.56 Å². The molecule has 5 nitrogen and oxygen atoms in total. The lowest BCUT2D eigenvalue weighted by Crippen LogP contribution is -2.57. The average molecular weight is 449 g/mol. The normalized spacial score (nSPS) is 15.3. The molecule has 0 spiro atoms. The molecule has 1 N–H and O–H groups in total. The highest BCUT2D eigenvalue weighted by Gasteiger charge is 2.25. The van der Waals surface area contributed by atoms with Crippen molar-refractivity contribution in [2.24, 2.45) is 0 Å². The molecule has 1 fully saturated rings. The van der Waals surface area contributed by atoms with E-state index in [0.29, 0.717) is 10.9 Å². The Morgan fingerprint density at radius 3 is 2.35 bits per heavy atom. The van der Waals surface area contributed by atoms with Crippen molar-refractivity contribution in [3.05, 3.63) is 94.4 Å². The molecule has 1 aliphatic rings. The highest BCUT2D eigenvalue weighted by atomic mass is 16.1. The molecule has 3 aromatic carbocycles. The Labute approximate surface area is 199 Å². The van der Waals surface area contributed by atoms with Crippen LogP contribution in [0.3, 0.4) is 0 Å². The fourth-order valence-electron chi connectivity index (χ4n) is 4.94. The van der Waals surface area contributed by atoms with E-state index < -0.39 is 0 Å². The van der Waals surface area contributed by atoms with Crippen molar-refractivity contribution >= 4 is 16.5 Å². The smallest absolute Gasteiger partial charge is 0.262 e. The van der Waals surface area contributed by atoms with E-state index in [9.17, 15) is 4.79 Å². The van der Waals surface area contributed by atoms with Crippen LogP contribution in [-0.4, -0.2) is 29.7 Å². The van der Waals surface area contributed by atoms with Gasteiger partial charge in [0.05, 0.1) is 11.6 Å². The third-order valence-corrected chi connectivity index (χ3v) is 6.62. The Kier molecular flexibility index (Phi) is 5.47. The topological polar surface area (TPSA) is 61.1 Å². The number of hydrogen-bond acceptors (Lipinski definition) is 4. The van der Waals surface area contributed by atoms with E-state index in [-0.39, 0.29) is 11.1 Å². The van der Waals surface area contributed by atoms with Crippen LogP contribution >= 0.6 is 0 Å². The number of benzene rings is 3. The van der Waals surface area contributed by atoms with Gasteiger partial charge in [-0.2, -0.15) is 5.26 Å². The summed E-state index contributed by atoms with van der Waals surface area (Å²) < 4.78 is 1.74. The molecular weight excluding hydrogens is 420 g/mol. The average Bonchev–Trinajstić information content (AvgIpc) is 2.85. The Morgan fingerprint density at radius 2 is 1.68 bits per heavy atom. The Bertz CT molecular complexity index is 1460. The first-order chi connectivity index (χ1) is 16.4. The maximum absolute atomic E-state index is 13.5. The van der Waals surface area contributed by atoms with Crippen LogP contribution in [0.2, 0.25) is 0 Å². The second-order valence-electron chi connectivity index (χ2n) is 9.65. The van der Waals surface area contributed by atoms with Crippen molar-refractivity contribution in [1.82, 2.24) is 9.88 Å². The summed E-state index contributed by atoms with van der Waals surface area (Å²) in [6.07, 6.45) is 1.93. The molecule has 0 amide bonds. The van der Waals surface area contributed by atoms with Crippen LogP contribution in [-0.2, 0) is 0 Å². The summed E-state index contributed by atoms with van der Waals surface area (Å²) in [7, 11) is 0. The molecule has 5 heteroatoms. The molecular formula is C29H28N4O. The van der Waals surface area contributed by atoms with E-state index >= 15 is 0 Å². The number of nitriles is 1. The largest absolute Gasteiger partial charge is 0.368 e. The number of anilines is 1. The van der Waals surface area contributed by atoms with Gasteiger partial charge in [-0.3, -0.25) is 9.36 Å². The van der Waals surface area contributed by atoms with Crippen LogP contribution in [0.5, 0.6) is 0 Å². The molecule has 0 bridgehead atoms. The molecule has 0 aliphatic carbocycles. The van der Waals surface area contributed by atoms with Gasteiger partial charge in [-0.05, 0) is 85.3 Å². The number of aryl methyl sites for hydroxylation is 1. The van der Waals surface area contributed by atoms with Crippen molar-refractivity contribution in [2.75, 3.05) is 24.5 Å². The summed E-state index contributed by atoms with van der Waals surface area (Å²) in [5, 5.41) is 14.3. The minimum Gasteiger partial charge on any atom is -0.368 e. The fraction of sp³-hybridized carbons (Fsp3) is 0.241. The lowest BCUT2D eigenvalue weighted by Gasteiger charge is -2.40. The van der Waals surface area contributed by atoms with Crippen molar-refractivity contribution in [1.29, 1.82) is 5.26 Å². The first-order valence-electron chi connectivity index (χ1n) is 11.6. The van der Waals surface area contributed by atoms with Gasteiger partial charge in [0.2, 0.25) is 0 Å². The highest BCUT2D eigenvalue weighted by molar-refractivity contribution is 5.98. The van der Waals surface area contributed by atoms with Gasteiger partial charge in [-0.1, -0.05) is 24.3 Å². The maximum Gasteiger partial charge on any atom is 0.262 e. The number of rotatable bonds is 3. The molecule has 1 saturated heterocycles. The highest BCUT2D eigenvalue weighted by Crippen LogP contribution is 2.30. The first kappa shape index (κ1) is 21.9. The number of fused-ring (bicyclic) bond motifs is 1. The minimum absolute atomic E-state index is 0.0350. The minimum atomic E-state index is -0.0350. The lowest BCUT2D eigenvalue weighted by molar-refractivity contribution is 0.353. The summed E-state index contributed by atoms with van der Waals surface area (Å²) in [4.78, 5) is 15.9.